The molecule has 3 amide bonds. The highest BCUT2D eigenvalue weighted by atomic mass is 127. The number of rotatable bonds is 7. The maximum Gasteiger partial charge on any atom is 0.336 e. The van der Waals surface area contributed by atoms with E-state index in [4.69, 9.17) is 5.11 Å². The molecule has 0 unspecified atom stereocenters. The van der Waals surface area contributed by atoms with Crippen LogP contribution in [0.4, 0.5) is 4.79 Å². The molecule has 2 saturated heterocycles. The molecule has 0 aromatic heterocycles. The molecule has 0 aliphatic carbocycles. The normalized spacial score (nSPS) is 27.4. The van der Waals surface area contributed by atoms with Crippen molar-refractivity contribution in [2.45, 2.75) is 43.0 Å². The number of unbranched alkanes of at least 4 members (excludes halogenated alkanes) is 1. The minimum atomic E-state index is -0.777. The monoisotopic (exact) mass is 427 g/mol. The summed E-state index contributed by atoms with van der Waals surface area (Å²) in [7, 11) is 0. The zero-order valence-electron chi connectivity index (χ0n) is 11.4. The predicted molar refractivity (Wildman–Crippen MR) is 87.3 cm³/mol. The van der Waals surface area contributed by atoms with Crippen LogP contribution >= 0.6 is 34.4 Å². The van der Waals surface area contributed by atoms with Gasteiger partial charge in [-0.2, -0.15) is 11.8 Å². The van der Waals surface area contributed by atoms with E-state index < -0.39 is 5.97 Å². The number of hydrogen-bond acceptors (Lipinski definition) is 4. The number of fused-ring (bicyclic) bond motifs is 1. The molecule has 0 spiro atoms. The highest BCUT2D eigenvalue weighted by molar-refractivity contribution is 14.1. The van der Waals surface area contributed by atoms with Crippen LogP contribution in [0.3, 0.4) is 0 Å². The van der Waals surface area contributed by atoms with Gasteiger partial charge >= 0.3 is 12.0 Å². The molecule has 2 fully saturated rings. The summed E-state index contributed by atoms with van der Waals surface area (Å²) in [6, 6.07) is -0.236. The molecule has 3 N–H and O–H groups in total. The van der Waals surface area contributed by atoms with E-state index in [1.54, 1.807) is 11.8 Å². The summed E-state index contributed by atoms with van der Waals surface area (Å²) >= 11 is 3.73. The van der Waals surface area contributed by atoms with Gasteiger partial charge in [-0.15, -0.1) is 0 Å². The van der Waals surface area contributed by atoms with E-state index in [0.717, 1.165) is 18.6 Å². The summed E-state index contributed by atoms with van der Waals surface area (Å²) in [6.45, 7) is 0. The molecule has 0 aromatic rings. The van der Waals surface area contributed by atoms with Gasteiger partial charge in [0.15, 0.2) is 0 Å². The van der Waals surface area contributed by atoms with Crippen molar-refractivity contribution in [3.05, 3.63) is 0 Å². The highest BCUT2D eigenvalue weighted by Crippen LogP contribution is 2.36. The Bertz CT molecular complexity index is 437. The zero-order chi connectivity index (χ0) is 15.4. The van der Waals surface area contributed by atoms with Gasteiger partial charge in [0.1, 0.15) is 0 Å². The van der Waals surface area contributed by atoms with Crippen molar-refractivity contribution in [3.8, 4) is 0 Å². The molecule has 7 nitrogen and oxygen atoms in total. The highest BCUT2D eigenvalue weighted by Gasteiger charge is 2.49. The SMILES string of the molecule is O=C(O)CCCC[C@H]1SC[C@H]2NC(=O)N(NC(=O)CI)[C@H]21. The Morgan fingerprint density at radius 3 is 2.90 bits per heavy atom. The number of carbonyl (C=O) groups is 3. The maximum atomic E-state index is 11.9. The number of aliphatic carboxylic acids is 1. The second-order valence-electron chi connectivity index (χ2n) is 5.10. The Hall–Kier alpha value is -0.710. The number of hydrogen-bond donors (Lipinski definition) is 3. The number of nitrogens with zero attached hydrogens (tertiary/aromatic N) is 1. The van der Waals surface area contributed by atoms with Crippen molar-refractivity contribution in [3.63, 3.8) is 0 Å². The topological polar surface area (TPSA) is 98.7 Å². The predicted octanol–water partition coefficient (Wildman–Crippen LogP) is 0.975. The van der Waals surface area contributed by atoms with E-state index in [1.807, 2.05) is 22.6 Å². The van der Waals surface area contributed by atoms with Crippen molar-refractivity contribution in [1.82, 2.24) is 15.8 Å². The first-order valence-electron chi connectivity index (χ1n) is 6.81. The average molecular weight is 427 g/mol. The van der Waals surface area contributed by atoms with Gasteiger partial charge in [-0.1, -0.05) is 29.0 Å². The minimum Gasteiger partial charge on any atom is -0.481 e. The number of nitrogens with one attached hydrogen (secondary N) is 2. The smallest absolute Gasteiger partial charge is 0.336 e. The fourth-order valence-corrected chi connectivity index (χ4v) is 4.43. The van der Waals surface area contributed by atoms with Crippen LogP contribution in [0.15, 0.2) is 0 Å². The molecule has 2 aliphatic rings. The summed E-state index contributed by atoms with van der Waals surface area (Å²) < 4.78 is 0.301. The van der Waals surface area contributed by atoms with Crippen molar-refractivity contribution in [1.29, 1.82) is 0 Å². The third kappa shape index (κ3) is 4.15. The van der Waals surface area contributed by atoms with Gasteiger partial charge in [0.05, 0.1) is 16.5 Å². The summed E-state index contributed by atoms with van der Waals surface area (Å²) in [5, 5.41) is 13.2. The van der Waals surface area contributed by atoms with Crippen LogP contribution in [-0.4, -0.2) is 55.5 Å². The molecule has 3 atom stereocenters. The lowest BCUT2D eigenvalue weighted by molar-refractivity contribution is -0.137. The second kappa shape index (κ2) is 7.52. The number of alkyl halides is 1. The van der Waals surface area contributed by atoms with Crippen LogP contribution in [0.2, 0.25) is 0 Å². The number of carboxylic acid groups (broad SMARTS) is 1. The van der Waals surface area contributed by atoms with Crippen LogP contribution in [0.25, 0.3) is 0 Å². The Labute approximate surface area is 140 Å². The number of urea groups is 1. The molecular weight excluding hydrogens is 409 g/mol. The van der Waals surface area contributed by atoms with E-state index in [2.05, 4.69) is 10.7 Å². The number of thioether (sulfide) groups is 1. The van der Waals surface area contributed by atoms with E-state index >= 15 is 0 Å². The van der Waals surface area contributed by atoms with Crippen molar-refractivity contribution in [2.24, 2.45) is 0 Å². The van der Waals surface area contributed by atoms with Crippen molar-refractivity contribution in [2.75, 3.05) is 10.2 Å². The van der Waals surface area contributed by atoms with E-state index in [9.17, 15) is 14.4 Å². The lowest BCUT2D eigenvalue weighted by Gasteiger charge is -2.27. The van der Waals surface area contributed by atoms with Gasteiger partial charge < -0.3 is 10.4 Å². The molecule has 2 heterocycles. The van der Waals surface area contributed by atoms with Crippen LogP contribution in [-0.2, 0) is 9.59 Å². The van der Waals surface area contributed by atoms with E-state index in [-0.39, 0.29) is 35.7 Å². The maximum absolute atomic E-state index is 11.9. The second-order valence-corrected chi connectivity index (χ2v) is 7.13. The number of amides is 3. The fraction of sp³-hybridized carbons (Fsp3) is 0.750. The average Bonchev–Trinajstić information content (AvgIpc) is 2.95. The third-order valence-corrected chi connectivity index (χ3v) is 5.79. The number of carbonyl (C=O) groups excluding carboxylic acids is 2. The lowest BCUT2D eigenvalue weighted by Crippen LogP contribution is -2.51. The molecule has 0 bridgehead atoms. The van der Waals surface area contributed by atoms with Gasteiger partial charge in [-0.05, 0) is 12.8 Å². The molecule has 118 valence electrons. The number of hydrazine groups is 1. The summed E-state index contributed by atoms with van der Waals surface area (Å²) in [5.74, 6) is -0.134. The third-order valence-electron chi connectivity index (χ3n) is 3.60. The standard InChI is InChI=1S/C12H18IN3O4S/c13-5-9(17)15-16-11-7(14-12(16)20)6-21-8(11)3-1-2-4-10(18)19/h7-8,11H,1-6H2,(H,14,20)(H,15,17)(H,18,19)/t7-,8-,11-/m1/s1. The van der Waals surface area contributed by atoms with Crippen LogP contribution < -0.4 is 10.7 Å². The first-order valence-corrected chi connectivity index (χ1v) is 9.39. The van der Waals surface area contributed by atoms with Crippen LogP contribution in [0.5, 0.6) is 0 Å². The molecule has 9 heteroatoms. The van der Waals surface area contributed by atoms with Gasteiger partial charge in [0.2, 0.25) is 5.91 Å². The van der Waals surface area contributed by atoms with Crippen molar-refractivity contribution < 1.29 is 19.5 Å². The zero-order valence-corrected chi connectivity index (χ0v) is 14.4. The largest absolute Gasteiger partial charge is 0.481 e. The minimum absolute atomic E-state index is 0.0424. The Morgan fingerprint density at radius 2 is 2.24 bits per heavy atom. The molecule has 0 saturated carbocycles. The molecule has 0 aromatic carbocycles. The van der Waals surface area contributed by atoms with Crippen LogP contribution in [0, 0.1) is 0 Å². The first-order chi connectivity index (χ1) is 10.0. The van der Waals surface area contributed by atoms with Gasteiger partial charge in [-0.25, -0.2) is 9.80 Å². The Balaban J connectivity index is 1.90. The Kier molecular flexibility index (Phi) is 5.97. The van der Waals surface area contributed by atoms with Gasteiger partial charge in [0, 0.05) is 17.4 Å². The first kappa shape index (κ1) is 16.7. The van der Waals surface area contributed by atoms with E-state index in [1.165, 1.54) is 5.01 Å². The summed E-state index contributed by atoms with van der Waals surface area (Å²) in [5.41, 5.74) is 2.66. The fourth-order valence-electron chi connectivity index (χ4n) is 2.69. The van der Waals surface area contributed by atoms with E-state index in [0.29, 0.717) is 10.8 Å². The van der Waals surface area contributed by atoms with Crippen LogP contribution in [0.1, 0.15) is 25.7 Å². The van der Waals surface area contributed by atoms with Gasteiger partial charge in [-0.3, -0.25) is 15.0 Å². The number of carboxylic acids is 1. The van der Waals surface area contributed by atoms with Gasteiger partial charge in [0.25, 0.3) is 0 Å². The Morgan fingerprint density at radius 1 is 1.48 bits per heavy atom. The number of halogens is 1. The molecule has 21 heavy (non-hydrogen) atoms. The molecular formula is C12H18IN3O4S. The van der Waals surface area contributed by atoms with Crippen molar-refractivity contribution >= 4 is 52.3 Å². The summed E-state index contributed by atoms with van der Waals surface area (Å²) in [4.78, 5) is 34.0. The lowest BCUT2D eigenvalue weighted by atomic mass is 10.0. The quantitative estimate of drug-likeness (QED) is 0.244. The molecule has 2 aliphatic heterocycles. The molecule has 2 rings (SSSR count). The summed E-state index contributed by atoms with van der Waals surface area (Å²) in [6.07, 6.45) is 2.49. The molecule has 0 radical (unpaired) electrons.